The molecule has 1 aromatic rings. The minimum atomic E-state index is -0.827. The van der Waals surface area contributed by atoms with Crippen LogP contribution in [0.2, 0.25) is 0 Å². The molecule has 9 heteroatoms. The topological polar surface area (TPSA) is 114 Å². The summed E-state index contributed by atoms with van der Waals surface area (Å²) in [5, 5.41) is 12.2. The van der Waals surface area contributed by atoms with Crippen LogP contribution in [-0.2, 0) is 9.53 Å². The van der Waals surface area contributed by atoms with E-state index in [2.05, 4.69) is 39.4 Å². The summed E-state index contributed by atoms with van der Waals surface area (Å²) in [6, 6.07) is 0.728. The quantitative estimate of drug-likeness (QED) is 0.501. The van der Waals surface area contributed by atoms with Gasteiger partial charge in [-0.25, -0.2) is 9.78 Å². The number of H-pyrrole nitrogens is 1. The summed E-state index contributed by atoms with van der Waals surface area (Å²) in [4.78, 5) is 34.5. The molecule has 0 radical (unpaired) electrons. The van der Waals surface area contributed by atoms with Crippen molar-refractivity contribution >= 4 is 24.3 Å². The number of nitrogens with one attached hydrogen (secondary N) is 2. The predicted molar refractivity (Wildman–Crippen MR) is 122 cm³/mol. The molecule has 0 aliphatic carbocycles. The molecule has 1 saturated heterocycles. The highest BCUT2D eigenvalue weighted by molar-refractivity contribution is 5.86. The van der Waals surface area contributed by atoms with Crippen LogP contribution in [0, 0.1) is 17.2 Å². The Balaban J connectivity index is 2.46. The maximum Gasteiger partial charge on any atom is 0.407 e. The zero-order chi connectivity index (χ0) is 24.0. The molecule has 0 saturated carbocycles. The van der Waals surface area contributed by atoms with Crippen molar-refractivity contribution in [2.75, 3.05) is 13.7 Å². The molecular formula is C23H31N6O3+. The number of ether oxygens (including phenoxy) is 1. The average Bonchev–Trinajstić information content (AvgIpc) is 3.34. The van der Waals surface area contributed by atoms with E-state index in [1.165, 1.54) is 12.0 Å². The average molecular weight is 440 g/mol. The molecule has 0 aromatic carbocycles. The maximum atomic E-state index is 13.4. The molecule has 1 aliphatic heterocycles. The summed E-state index contributed by atoms with van der Waals surface area (Å²) in [5.41, 5.74) is 2.73. The lowest BCUT2D eigenvalue weighted by Crippen LogP contribution is -2.51. The monoisotopic (exact) mass is 439 g/mol. The molecule has 3 atom stereocenters. The van der Waals surface area contributed by atoms with Crippen LogP contribution in [-0.4, -0.2) is 63.9 Å². The molecule has 2 N–H and O–H groups in total. The van der Waals surface area contributed by atoms with E-state index >= 15 is 0 Å². The normalized spacial score (nSPS) is 19.3. The fourth-order valence-corrected chi connectivity index (χ4v) is 3.52. The SMILES string of the molecule is C=CC=C(C=C(C)C)c1cnc(C2N(C(=O)C(NC(=O)OC)C(C)C)CC(C#N)[N+]2=C)[nH]1. The van der Waals surface area contributed by atoms with Crippen LogP contribution >= 0.6 is 0 Å². The van der Waals surface area contributed by atoms with Gasteiger partial charge in [0.1, 0.15) is 25.4 Å². The highest BCUT2D eigenvalue weighted by Crippen LogP contribution is 2.30. The van der Waals surface area contributed by atoms with Gasteiger partial charge in [0.25, 0.3) is 18.1 Å². The van der Waals surface area contributed by atoms with Crippen LogP contribution in [0.4, 0.5) is 4.79 Å². The minimum absolute atomic E-state index is 0.134. The van der Waals surface area contributed by atoms with Crippen molar-refractivity contribution in [3.63, 3.8) is 0 Å². The van der Waals surface area contributed by atoms with E-state index < -0.39 is 24.3 Å². The second kappa shape index (κ2) is 10.6. The number of allylic oxidation sites excluding steroid dienone is 5. The summed E-state index contributed by atoms with van der Waals surface area (Å²) in [6.45, 7) is 15.5. The van der Waals surface area contributed by atoms with Crippen LogP contribution < -0.4 is 5.32 Å². The van der Waals surface area contributed by atoms with Gasteiger partial charge in [0.15, 0.2) is 5.82 Å². The minimum Gasteiger partial charge on any atom is -0.453 e. The third-order valence-electron chi connectivity index (χ3n) is 5.10. The van der Waals surface area contributed by atoms with Gasteiger partial charge in [0.05, 0.1) is 19.0 Å². The van der Waals surface area contributed by atoms with E-state index in [-0.39, 0.29) is 18.4 Å². The highest BCUT2D eigenvalue weighted by atomic mass is 16.5. The van der Waals surface area contributed by atoms with E-state index in [9.17, 15) is 14.9 Å². The highest BCUT2D eigenvalue weighted by Gasteiger charge is 2.49. The van der Waals surface area contributed by atoms with E-state index in [0.717, 1.165) is 16.8 Å². The molecule has 3 unspecified atom stereocenters. The van der Waals surface area contributed by atoms with Crippen LogP contribution in [0.15, 0.2) is 36.6 Å². The van der Waals surface area contributed by atoms with Gasteiger partial charge in [0, 0.05) is 0 Å². The second-order valence-corrected chi connectivity index (χ2v) is 8.14. The Hall–Kier alpha value is -3.67. The van der Waals surface area contributed by atoms with Crippen molar-refractivity contribution in [3.05, 3.63) is 48.1 Å². The number of imidazole rings is 1. The molecule has 2 amide bonds. The number of alkyl carbamates (subject to hydrolysis) is 1. The van der Waals surface area contributed by atoms with Crippen LogP contribution in [0.3, 0.4) is 0 Å². The summed E-state index contributed by atoms with van der Waals surface area (Å²) in [7, 11) is 1.24. The lowest BCUT2D eigenvalue weighted by molar-refractivity contribution is -0.575. The number of amides is 2. The summed E-state index contributed by atoms with van der Waals surface area (Å²) in [5.74, 6) is -0.0710. The van der Waals surface area contributed by atoms with E-state index in [0.29, 0.717) is 5.82 Å². The molecule has 0 bridgehead atoms. The van der Waals surface area contributed by atoms with E-state index in [1.807, 2.05) is 39.8 Å². The lowest BCUT2D eigenvalue weighted by Gasteiger charge is -2.26. The van der Waals surface area contributed by atoms with Gasteiger partial charge in [-0.1, -0.05) is 44.2 Å². The first-order valence-corrected chi connectivity index (χ1v) is 10.3. The first-order chi connectivity index (χ1) is 15.1. The molecule has 0 spiro atoms. The number of aromatic nitrogens is 2. The molecule has 1 fully saturated rings. The van der Waals surface area contributed by atoms with Gasteiger partial charge < -0.3 is 15.0 Å². The molecule has 9 nitrogen and oxygen atoms in total. The number of aromatic amines is 1. The van der Waals surface area contributed by atoms with Gasteiger partial charge in [-0.15, -0.1) is 0 Å². The van der Waals surface area contributed by atoms with Crippen LogP contribution in [0.1, 0.15) is 45.4 Å². The number of carbonyl (C=O) groups excluding carboxylic acids is 2. The lowest BCUT2D eigenvalue weighted by atomic mass is 10.0. The fourth-order valence-electron chi connectivity index (χ4n) is 3.52. The molecule has 2 rings (SSSR count). The Morgan fingerprint density at radius 3 is 2.69 bits per heavy atom. The molecule has 170 valence electrons. The molecular weight excluding hydrogens is 408 g/mol. The number of hydrogen-bond donors (Lipinski definition) is 2. The number of rotatable bonds is 7. The molecule has 32 heavy (non-hydrogen) atoms. The molecule has 1 aromatic heterocycles. The van der Waals surface area contributed by atoms with Crippen LogP contribution in [0.5, 0.6) is 0 Å². The predicted octanol–water partition coefficient (Wildman–Crippen LogP) is 2.77. The van der Waals surface area contributed by atoms with Crippen molar-refractivity contribution in [1.29, 1.82) is 5.26 Å². The number of carbonyl (C=O) groups is 2. The van der Waals surface area contributed by atoms with Crippen molar-refractivity contribution in [3.8, 4) is 6.07 Å². The summed E-state index contributed by atoms with van der Waals surface area (Å²) < 4.78 is 6.22. The Kier molecular flexibility index (Phi) is 8.13. The number of methoxy groups -OCH3 is 1. The molecule has 1 aliphatic rings. The standard InChI is InChI=1S/C23H30N6O3/c1-8-9-16(10-14(2)3)18-12-25-20(26-18)21-28(6)17(11-24)13-29(21)22(30)19(15(4)5)27-23(31)32-7/h8-10,12,15,17,19,21H,1,6,13H2,2-5,7H3,(H-,25,26,27,31)/p+1. The third-order valence-corrected chi connectivity index (χ3v) is 5.10. The number of nitriles is 1. The van der Waals surface area contributed by atoms with Crippen molar-refractivity contribution < 1.29 is 18.9 Å². The van der Waals surface area contributed by atoms with Gasteiger partial charge in [0.2, 0.25) is 0 Å². The Morgan fingerprint density at radius 2 is 2.16 bits per heavy atom. The first kappa shape index (κ1) is 24.6. The zero-order valence-electron chi connectivity index (χ0n) is 19.3. The zero-order valence-corrected chi connectivity index (χ0v) is 19.3. The van der Waals surface area contributed by atoms with Crippen molar-refractivity contribution in [2.45, 2.75) is 45.9 Å². The van der Waals surface area contributed by atoms with Crippen LogP contribution in [0.25, 0.3) is 5.57 Å². The van der Waals surface area contributed by atoms with Gasteiger partial charge >= 0.3 is 6.09 Å². The van der Waals surface area contributed by atoms with Crippen molar-refractivity contribution in [1.82, 2.24) is 20.2 Å². The summed E-state index contributed by atoms with van der Waals surface area (Å²) >= 11 is 0. The Bertz CT molecular complexity index is 994. The third kappa shape index (κ3) is 5.32. The Labute approximate surface area is 188 Å². The fraction of sp³-hybridized carbons (Fsp3) is 0.435. The second-order valence-electron chi connectivity index (χ2n) is 8.14. The number of nitrogens with zero attached hydrogens (tertiary/aromatic N) is 4. The molecule has 2 heterocycles. The Morgan fingerprint density at radius 1 is 1.47 bits per heavy atom. The van der Waals surface area contributed by atoms with E-state index in [4.69, 9.17) is 0 Å². The largest absolute Gasteiger partial charge is 0.453 e. The van der Waals surface area contributed by atoms with Crippen molar-refractivity contribution in [2.24, 2.45) is 5.92 Å². The van der Waals surface area contributed by atoms with Gasteiger partial charge in [-0.2, -0.15) is 9.84 Å². The van der Waals surface area contributed by atoms with Gasteiger partial charge in [-0.3, -0.25) is 9.69 Å². The van der Waals surface area contributed by atoms with E-state index in [1.54, 1.807) is 16.8 Å². The number of hydrogen-bond acceptors (Lipinski definition) is 5. The first-order valence-electron chi connectivity index (χ1n) is 10.3. The summed E-state index contributed by atoms with van der Waals surface area (Å²) in [6.07, 6.45) is 5.82. The smallest absolute Gasteiger partial charge is 0.407 e. The maximum absolute atomic E-state index is 13.4. The van der Waals surface area contributed by atoms with Gasteiger partial charge in [-0.05, 0) is 25.3 Å².